The van der Waals surface area contributed by atoms with Crippen LogP contribution >= 0.6 is 0 Å². The van der Waals surface area contributed by atoms with Crippen molar-refractivity contribution in [3.63, 3.8) is 0 Å². The van der Waals surface area contributed by atoms with Crippen LogP contribution in [-0.4, -0.2) is 15.5 Å². The van der Waals surface area contributed by atoms with Gasteiger partial charge >= 0.3 is 10.1 Å². The zero-order valence-corrected chi connectivity index (χ0v) is 13.3. The summed E-state index contributed by atoms with van der Waals surface area (Å²) in [4.78, 5) is 0.110. The van der Waals surface area contributed by atoms with Crippen molar-refractivity contribution in [3.8, 4) is 17.6 Å². The third kappa shape index (κ3) is 3.21. The first-order chi connectivity index (χ1) is 10.4. The Morgan fingerprint density at radius 1 is 1.05 bits per heavy atom. The molecule has 0 atom stereocenters. The smallest absolute Gasteiger partial charge is 0.339 e. The molecular weight excluding hydrogens is 302 g/mol. The highest BCUT2D eigenvalue weighted by Crippen LogP contribution is 2.31. The second kappa shape index (κ2) is 6.08. The van der Waals surface area contributed by atoms with Gasteiger partial charge < -0.3 is 8.92 Å². The summed E-state index contributed by atoms with van der Waals surface area (Å²) in [6.07, 6.45) is 0. The zero-order valence-electron chi connectivity index (χ0n) is 12.5. The van der Waals surface area contributed by atoms with Gasteiger partial charge in [0.15, 0.2) is 11.5 Å². The molecule has 0 bridgehead atoms. The Morgan fingerprint density at radius 3 is 2.41 bits per heavy atom. The fourth-order valence-electron chi connectivity index (χ4n) is 1.95. The Bertz CT molecular complexity index is 851. The highest BCUT2D eigenvalue weighted by molar-refractivity contribution is 7.87. The van der Waals surface area contributed by atoms with E-state index in [1.54, 1.807) is 26.0 Å². The van der Waals surface area contributed by atoms with Crippen LogP contribution in [0.25, 0.3) is 0 Å². The van der Waals surface area contributed by atoms with Crippen LogP contribution in [0.5, 0.6) is 11.5 Å². The lowest BCUT2D eigenvalue weighted by molar-refractivity contribution is 0.390. The minimum Gasteiger partial charge on any atom is -0.493 e. The van der Waals surface area contributed by atoms with Crippen LogP contribution in [-0.2, 0) is 10.1 Å². The molecule has 0 aliphatic rings. The highest BCUT2D eigenvalue weighted by Gasteiger charge is 2.21. The molecule has 2 aromatic carbocycles. The van der Waals surface area contributed by atoms with Gasteiger partial charge in [-0.3, -0.25) is 0 Å². The summed E-state index contributed by atoms with van der Waals surface area (Å²) < 4.78 is 35.2. The van der Waals surface area contributed by atoms with Crippen molar-refractivity contribution >= 4 is 10.1 Å². The number of nitriles is 1. The van der Waals surface area contributed by atoms with Crippen LogP contribution in [0.3, 0.4) is 0 Å². The second-order valence-electron chi connectivity index (χ2n) is 4.78. The molecule has 2 aromatic rings. The molecule has 5 nitrogen and oxygen atoms in total. The summed E-state index contributed by atoms with van der Waals surface area (Å²) >= 11 is 0. The summed E-state index contributed by atoms with van der Waals surface area (Å²) in [5.74, 6) is 0.232. The van der Waals surface area contributed by atoms with Crippen molar-refractivity contribution in [1.82, 2.24) is 0 Å². The van der Waals surface area contributed by atoms with Crippen LogP contribution in [0.1, 0.15) is 16.7 Å². The van der Waals surface area contributed by atoms with Crippen LogP contribution in [0, 0.1) is 25.2 Å². The molecule has 22 heavy (non-hydrogen) atoms. The van der Waals surface area contributed by atoms with Gasteiger partial charge in [-0.1, -0.05) is 12.1 Å². The largest absolute Gasteiger partial charge is 0.493 e. The van der Waals surface area contributed by atoms with Gasteiger partial charge in [-0.15, -0.1) is 0 Å². The SMILES string of the molecule is COc1cc(C#N)ccc1OS(=O)(=O)c1cc(C)ccc1C. The molecule has 0 unspecified atom stereocenters. The molecule has 0 fully saturated rings. The predicted molar refractivity (Wildman–Crippen MR) is 81.4 cm³/mol. The predicted octanol–water partition coefficient (Wildman–Crippen LogP) is 2.95. The molecule has 0 aromatic heterocycles. The summed E-state index contributed by atoms with van der Waals surface area (Å²) in [5.41, 5.74) is 1.77. The fraction of sp³-hybridized carbons (Fsp3) is 0.188. The van der Waals surface area contributed by atoms with E-state index in [0.717, 1.165) is 5.56 Å². The van der Waals surface area contributed by atoms with Gasteiger partial charge in [0.25, 0.3) is 0 Å². The molecule has 114 valence electrons. The molecule has 0 amide bonds. The number of methoxy groups -OCH3 is 1. The van der Waals surface area contributed by atoms with Crippen molar-refractivity contribution in [2.45, 2.75) is 18.7 Å². The van der Waals surface area contributed by atoms with Crippen LogP contribution in [0.15, 0.2) is 41.3 Å². The number of benzene rings is 2. The van der Waals surface area contributed by atoms with Gasteiger partial charge in [0.1, 0.15) is 4.90 Å². The van der Waals surface area contributed by atoms with Crippen LogP contribution in [0.2, 0.25) is 0 Å². The van der Waals surface area contributed by atoms with E-state index < -0.39 is 10.1 Å². The monoisotopic (exact) mass is 317 g/mol. The number of ether oxygens (including phenoxy) is 1. The topological polar surface area (TPSA) is 76.4 Å². The van der Waals surface area contributed by atoms with E-state index in [4.69, 9.17) is 14.2 Å². The van der Waals surface area contributed by atoms with Crippen LogP contribution in [0.4, 0.5) is 0 Å². The molecule has 0 radical (unpaired) electrons. The van der Waals surface area contributed by atoms with Crippen molar-refractivity contribution < 1.29 is 17.3 Å². The molecule has 0 saturated heterocycles. The number of hydrogen-bond donors (Lipinski definition) is 0. The van der Waals surface area contributed by atoms with Crippen LogP contribution < -0.4 is 8.92 Å². The summed E-state index contributed by atoms with van der Waals surface area (Å²) in [6.45, 7) is 3.51. The minimum absolute atomic E-state index is 0.0439. The number of aryl methyl sites for hydroxylation is 2. The normalized spacial score (nSPS) is 10.8. The third-order valence-electron chi connectivity index (χ3n) is 3.11. The van der Waals surface area contributed by atoms with E-state index in [1.165, 1.54) is 25.3 Å². The maximum atomic E-state index is 12.5. The average Bonchev–Trinajstić information content (AvgIpc) is 2.49. The minimum atomic E-state index is -3.98. The van der Waals surface area contributed by atoms with Crippen molar-refractivity contribution in [1.29, 1.82) is 5.26 Å². The fourth-order valence-corrected chi connectivity index (χ4v) is 3.20. The van der Waals surface area contributed by atoms with Crippen molar-refractivity contribution in [2.75, 3.05) is 7.11 Å². The van der Waals surface area contributed by atoms with Gasteiger partial charge in [-0.2, -0.15) is 13.7 Å². The first kappa shape index (κ1) is 15.9. The molecule has 0 saturated carbocycles. The third-order valence-corrected chi connectivity index (χ3v) is 4.48. The lowest BCUT2D eigenvalue weighted by Gasteiger charge is -2.12. The summed E-state index contributed by atoms with van der Waals surface area (Å²) in [6, 6.07) is 11.4. The Morgan fingerprint density at radius 2 is 1.77 bits per heavy atom. The van der Waals surface area contributed by atoms with E-state index in [2.05, 4.69) is 0 Å². The average molecular weight is 317 g/mol. The zero-order chi connectivity index (χ0) is 16.3. The van der Waals surface area contributed by atoms with E-state index in [1.807, 2.05) is 12.1 Å². The van der Waals surface area contributed by atoms with E-state index in [9.17, 15) is 8.42 Å². The molecule has 0 N–H and O–H groups in total. The Balaban J connectivity index is 2.45. The maximum absolute atomic E-state index is 12.5. The van der Waals surface area contributed by atoms with Gasteiger partial charge in [-0.25, -0.2) is 0 Å². The second-order valence-corrected chi connectivity index (χ2v) is 6.30. The van der Waals surface area contributed by atoms with E-state index in [-0.39, 0.29) is 16.4 Å². The quantitative estimate of drug-likeness (QED) is 0.810. The molecule has 0 aliphatic heterocycles. The van der Waals surface area contributed by atoms with Gasteiger partial charge in [0.05, 0.1) is 18.7 Å². The van der Waals surface area contributed by atoms with Crippen molar-refractivity contribution in [3.05, 3.63) is 53.1 Å². The van der Waals surface area contributed by atoms with Gasteiger partial charge in [0, 0.05) is 6.07 Å². The van der Waals surface area contributed by atoms with Gasteiger partial charge in [0.2, 0.25) is 0 Å². The molecule has 0 spiro atoms. The van der Waals surface area contributed by atoms with E-state index >= 15 is 0 Å². The maximum Gasteiger partial charge on any atom is 0.339 e. The Kier molecular flexibility index (Phi) is 4.38. The standard InChI is InChI=1S/C16H15NO4S/c1-11-4-5-12(2)16(8-11)22(18,19)21-14-7-6-13(10-17)9-15(14)20-3/h4-9H,1-3H3. The summed E-state index contributed by atoms with van der Waals surface area (Å²) in [5, 5.41) is 8.86. The molecule has 0 heterocycles. The highest BCUT2D eigenvalue weighted by atomic mass is 32.2. The Labute approximate surface area is 129 Å². The number of nitrogens with zero attached hydrogens (tertiary/aromatic N) is 1. The molecule has 0 aliphatic carbocycles. The number of hydrogen-bond acceptors (Lipinski definition) is 5. The molecule has 2 rings (SSSR count). The first-order valence-corrected chi connectivity index (χ1v) is 7.88. The first-order valence-electron chi connectivity index (χ1n) is 6.47. The lowest BCUT2D eigenvalue weighted by Crippen LogP contribution is -2.12. The molecular formula is C16H15NO4S. The number of rotatable bonds is 4. The molecule has 6 heteroatoms. The van der Waals surface area contributed by atoms with E-state index in [0.29, 0.717) is 11.1 Å². The Hall–Kier alpha value is -2.52. The summed E-state index contributed by atoms with van der Waals surface area (Å²) in [7, 11) is -2.60. The van der Waals surface area contributed by atoms with Gasteiger partial charge in [-0.05, 0) is 43.2 Å². The lowest BCUT2D eigenvalue weighted by atomic mass is 10.2. The van der Waals surface area contributed by atoms with Crippen molar-refractivity contribution in [2.24, 2.45) is 0 Å².